The summed E-state index contributed by atoms with van der Waals surface area (Å²) in [7, 11) is -0.759. The quantitative estimate of drug-likeness (QED) is 0.689. The van der Waals surface area contributed by atoms with Gasteiger partial charge in [0.1, 0.15) is 11.5 Å². The number of hydrogen-bond donors (Lipinski definition) is 1. The van der Waals surface area contributed by atoms with Crippen molar-refractivity contribution in [1.29, 1.82) is 0 Å². The zero-order chi connectivity index (χ0) is 20.8. The van der Waals surface area contributed by atoms with Crippen LogP contribution in [0.25, 0.3) is 22.4 Å². The van der Waals surface area contributed by atoms with Crippen LogP contribution in [0.15, 0.2) is 35.0 Å². The highest BCUT2D eigenvalue weighted by atomic mass is 32.2. The molecular formula is C21H26N6O2S. The lowest BCUT2D eigenvalue weighted by Gasteiger charge is -2.24. The minimum atomic E-state index is -2.40. The molecule has 0 amide bonds. The standard InChI is InChI=1S/C21H26N6O2S/c1-22-30(2,28)21(6-7-21)17-14-18(27-10-3-12-29-13-11-27)26-20(25-17)16-5-9-24-19-15(16)4-8-23-19/h4-5,8-9,14H,3,6-7,10-13H2,1-2H3,(H,23,24). The minimum Gasteiger partial charge on any atom is -0.380 e. The number of pyridine rings is 1. The second-order valence-electron chi connectivity index (χ2n) is 7.97. The van der Waals surface area contributed by atoms with Crippen LogP contribution < -0.4 is 4.90 Å². The summed E-state index contributed by atoms with van der Waals surface area (Å²) in [5.74, 6) is 1.50. The van der Waals surface area contributed by atoms with Crippen molar-refractivity contribution >= 4 is 26.6 Å². The Morgan fingerprint density at radius 2 is 2.10 bits per heavy atom. The molecule has 1 saturated heterocycles. The van der Waals surface area contributed by atoms with Crippen molar-refractivity contribution in [2.75, 3.05) is 44.5 Å². The molecule has 0 bridgehead atoms. The van der Waals surface area contributed by atoms with Crippen LogP contribution in [-0.2, 0) is 19.2 Å². The summed E-state index contributed by atoms with van der Waals surface area (Å²) in [6, 6.07) is 5.95. The molecule has 5 rings (SSSR count). The zero-order valence-corrected chi connectivity index (χ0v) is 18.1. The molecule has 3 aromatic heterocycles. The van der Waals surface area contributed by atoms with Crippen molar-refractivity contribution in [3.63, 3.8) is 0 Å². The molecule has 1 atom stereocenters. The largest absolute Gasteiger partial charge is 0.380 e. The molecule has 2 aliphatic rings. The number of aromatic nitrogens is 4. The number of H-pyrrole nitrogens is 1. The molecule has 30 heavy (non-hydrogen) atoms. The third-order valence-corrected chi connectivity index (χ3v) is 8.97. The highest BCUT2D eigenvalue weighted by Gasteiger charge is 2.53. The number of hydrogen-bond acceptors (Lipinski definition) is 7. The number of anilines is 1. The summed E-state index contributed by atoms with van der Waals surface area (Å²) >= 11 is 0. The van der Waals surface area contributed by atoms with Gasteiger partial charge >= 0.3 is 0 Å². The van der Waals surface area contributed by atoms with E-state index >= 15 is 0 Å². The van der Waals surface area contributed by atoms with Crippen LogP contribution in [0, 0.1) is 0 Å². The summed E-state index contributed by atoms with van der Waals surface area (Å²) in [5.41, 5.74) is 2.55. The normalized spacial score (nSPS) is 20.5. The van der Waals surface area contributed by atoms with E-state index in [9.17, 15) is 4.21 Å². The molecule has 158 valence electrons. The maximum absolute atomic E-state index is 13.3. The number of rotatable bonds is 4. The monoisotopic (exact) mass is 426 g/mol. The van der Waals surface area contributed by atoms with Crippen LogP contribution in [0.4, 0.5) is 5.82 Å². The van der Waals surface area contributed by atoms with Crippen LogP contribution in [0.2, 0.25) is 0 Å². The molecule has 1 N–H and O–H groups in total. The van der Waals surface area contributed by atoms with E-state index in [0.717, 1.165) is 67.1 Å². The third-order valence-electron chi connectivity index (χ3n) is 6.20. The predicted octanol–water partition coefficient (Wildman–Crippen LogP) is 2.96. The van der Waals surface area contributed by atoms with Crippen LogP contribution in [0.5, 0.6) is 0 Å². The molecule has 0 spiro atoms. The van der Waals surface area contributed by atoms with Gasteiger partial charge in [-0.05, 0) is 31.4 Å². The summed E-state index contributed by atoms with van der Waals surface area (Å²) in [4.78, 5) is 19.7. The van der Waals surface area contributed by atoms with Crippen molar-refractivity contribution in [2.45, 2.75) is 24.0 Å². The third kappa shape index (κ3) is 3.16. The van der Waals surface area contributed by atoms with Crippen LogP contribution in [0.1, 0.15) is 25.0 Å². The van der Waals surface area contributed by atoms with Crippen molar-refractivity contribution in [1.82, 2.24) is 19.9 Å². The Bertz CT molecular complexity index is 1200. The summed E-state index contributed by atoms with van der Waals surface area (Å²) in [6.45, 7) is 3.08. The summed E-state index contributed by atoms with van der Waals surface area (Å²) < 4.78 is 22.7. The lowest BCUT2D eigenvalue weighted by molar-refractivity contribution is 0.152. The lowest BCUT2D eigenvalue weighted by Crippen LogP contribution is -2.28. The number of fused-ring (bicyclic) bond motifs is 1. The molecule has 0 aromatic carbocycles. The number of nitrogens with one attached hydrogen (secondary N) is 1. The second-order valence-corrected chi connectivity index (χ2v) is 10.7. The molecule has 4 heterocycles. The summed E-state index contributed by atoms with van der Waals surface area (Å²) in [5, 5.41) is 0.974. The van der Waals surface area contributed by atoms with Gasteiger partial charge in [0.15, 0.2) is 5.82 Å². The Balaban J connectivity index is 1.70. The number of nitrogens with zero attached hydrogens (tertiary/aromatic N) is 5. The van der Waals surface area contributed by atoms with E-state index in [0.29, 0.717) is 12.4 Å². The van der Waals surface area contributed by atoms with Gasteiger partial charge in [-0.2, -0.15) is 0 Å². The second kappa shape index (κ2) is 7.31. The highest BCUT2D eigenvalue weighted by Crippen LogP contribution is 2.53. The first-order valence-electron chi connectivity index (χ1n) is 10.3. The molecule has 1 saturated carbocycles. The molecule has 1 aliphatic heterocycles. The minimum absolute atomic E-state index is 0.499. The maximum atomic E-state index is 13.3. The van der Waals surface area contributed by atoms with E-state index in [1.807, 2.05) is 24.4 Å². The Hall–Kier alpha value is -2.52. The first-order chi connectivity index (χ1) is 14.5. The van der Waals surface area contributed by atoms with Gasteiger partial charge in [-0.1, -0.05) is 0 Å². The molecule has 1 aliphatic carbocycles. The lowest BCUT2D eigenvalue weighted by atomic mass is 10.1. The maximum Gasteiger partial charge on any atom is 0.162 e. The highest BCUT2D eigenvalue weighted by molar-refractivity contribution is 7.94. The van der Waals surface area contributed by atoms with E-state index in [-0.39, 0.29) is 0 Å². The van der Waals surface area contributed by atoms with Gasteiger partial charge in [0.2, 0.25) is 0 Å². The first-order valence-corrected chi connectivity index (χ1v) is 12.2. The Morgan fingerprint density at radius 3 is 2.90 bits per heavy atom. The zero-order valence-electron chi connectivity index (χ0n) is 17.3. The fraction of sp³-hybridized carbons (Fsp3) is 0.476. The van der Waals surface area contributed by atoms with Crippen molar-refractivity contribution in [3.8, 4) is 11.4 Å². The van der Waals surface area contributed by atoms with Gasteiger partial charge < -0.3 is 14.6 Å². The first kappa shape index (κ1) is 19.4. The molecular weight excluding hydrogens is 400 g/mol. The Kier molecular flexibility index (Phi) is 4.74. The number of ether oxygens (including phenoxy) is 1. The molecule has 1 unspecified atom stereocenters. The Labute approximate surface area is 176 Å². The topological polar surface area (TPSA) is 96.4 Å². The molecule has 3 aromatic rings. The average Bonchev–Trinajstić information content (AvgIpc) is 3.52. The van der Waals surface area contributed by atoms with Crippen molar-refractivity contribution in [2.24, 2.45) is 4.36 Å². The van der Waals surface area contributed by atoms with E-state index in [1.54, 1.807) is 19.5 Å². The van der Waals surface area contributed by atoms with E-state index in [1.165, 1.54) is 0 Å². The van der Waals surface area contributed by atoms with E-state index in [2.05, 4.69) is 19.2 Å². The van der Waals surface area contributed by atoms with Crippen molar-refractivity contribution in [3.05, 3.63) is 36.3 Å². The van der Waals surface area contributed by atoms with Crippen LogP contribution >= 0.6 is 0 Å². The van der Waals surface area contributed by atoms with Crippen LogP contribution in [0.3, 0.4) is 0 Å². The molecule has 0 radical (unpaired) electrons. The SMILES string of the molecule is CN=S(C)(=O)C1(c2cc(N3CCCOCC3)nc(-c3ccnc4[nH]ccc34)n2)CC1. The average molecular weight is 427 g/mol. The van der Waals surface area contributed by atoms with Crippen LogP contribution in [-0.4, -0.2) is 63.8 Å². The predicted molar refractivity (Wildman–Crippen MR) is 118 cm³/mol. The van der Waals surface area contributed by atoms with Crippen molar-refractivity contribution < 1.29 is 8.95 Å². The van der Waals surface area contributed by atoms with E-state index in [4.69, 9.17) is 14.7 Å². The van der Waals surface area contributed by atoms with Gasteiger partial charge in [0, 0.05) is 62.4 Å². The number of aromatic amines is 1. The smallest absolute Gasteiger partial charge is 0.162 e. The fourth-order valence-corrected chi connectivity index (χ4v) is 5.90. The molecule has 2 fully saturated rings. The van der Waals surface area contributed by atoms with Gasteiger partial charge in [0.25, 0.3) is 0 Å². The molecule has 8 nitrogen and oxygen atoms in total. The summed E-state index contributed by atoms with van der Waals surface area (Å²) in [6.07, 6.45) is 7.99. The van der Waals surface area contributed by atoms with Gasteiger partial charge in [-0.25, -0.2) is 23.5 Å². The molecule has 9 heteroatoms. The Morgan fingerprint density at radius 1 is 1.23 bits per heavy atom. The van der Waals surface area contributed by atoms with Gasteiger partial charge in [-0.15, -0.1) is 0 Å². The van der Waals surface area contributed by atoms with E-state index < -0.39 is 14.5 Å². The van der Waals surface area contributed by atoms with Gasteiger partial charge in [-0.3, -0.25) is 0 Å². The van der Waals surface area contributed by atoms with Gasteiger partial charge in [0.05, 0.1) is 26.8 Å². The fourth-order valence-electron chi connectivity index (χ4n) is 4.20.